The molecule has 1 aliphatic rings. The number of nitrogens with zero attached hydrogens (tertiary/aromatic N) is 2. The van der Waals surface area contributed by atoms with Crippen molar-refractivity contribution >= 4 is 21.9 Å². The van der Waals surface area contributed by atoms with E-state index in [-0.39, 0.29) is 5.41 Å². The van der Waals surface area contributed by atoms with E-state index in [0.29, 0.717) is 5.82 Å². The van der Waals surface area contributed by atoms with E-state index >= 15 is 0 Å². The normalized spacial score (nSPS) is 12.8. The van der Waals surface area contributed by atoms with Gasteiger partial charge in [-0.15, -0.1) is 0 Å². The van der Waals surface area contributed by atoms with E-state index in [0.717, 1.165) is 72.3 Å². The third-order valence-electron chi connectivity index (χ3n) is 11.9. The molecule has 3 nitrogen and oxygen atoms in total. The van der Waals surface area contributed by atoms with Gasteiger partial charge in [0.25, 0.3) is 0 Å². The number of hydrogen-bond donors (Lipinski definition) is 0. The predicted molar refractivity (Wildman–Crippen MR) is 239 cm³/mol. The van der Waals surface area contributed by atoms with Crippen LogP contribution in [0.1, 0.15) is 25.0 Å². The highest BCUT2D eigenvalue weighted by atomic mass is 16.3. The molecule has 0 amide bonds. The smallest absolute Gasteiger partial charge is 0.160 e. The van der Waals surface area contributed by atoms with Gasteiger partial charge in [-0.3, -0.25) is 0 Å². The molecule has 0 spiro atoms. The lowest BCUT2D eigenvalue weighted by molar-refractivity contribution is 0.660. The molecule has 0 unspecified atom stereocenters. The summed E-state index contributed by atoms with van der Waals surface area (Å²) in [6.45, 7) is 4.67. The zero-order valence-corrected chi connectivity index (χ0v) is 32.3. The Bertz CT molecular complexity index is 3180. The lowest BCUT2D eigenvalue weighted by Gasteiger charge is -2.22. The summed E-state index contributed by atoms with van der Waals surface area (Å²) in [6.07, 6.45) is 0. The summed E-state index contributed by atoms with van der Waals surface area (Å²) in [7, 11) is 0. The zero-order chi connectivity index (χ0) is 38.8. The van der Waals surface area contributed by atoms with Gasteiger partial charge in [-0.1, -0.05) is 159 Å². The van der Waals surface area contributed by atoms with Gasteiger partial charge in [0.05, 0.1) is 11.4 Å². The second-order valence-corrected chi connectivity index (χ2v) is 15.8. The Morgan fingerprint density at radius 3 is 1.67 bits per heavy atom. The van der Waals surface area contributed by atoms with Gasteiger partial charge in [0, 0.05) is 32.9 Å². The van der Waals surface area contributed by atoms with Crippen molar-refractivity contribution in [2.45, 2.75) is 19.3 Å². The Morgan fingerprint density at radius 1 is 0.345 bits per heavy atom. The number of para-hydroxylation sites is 1. The highest BCUT2D eigenvalue weighted by molar-refractivity contribution is 6.06. The van der Waals surface area contributed by atoms with Gasteiger partial charge < -0.3 is 4.42 Å². The third kappa shape index (κ3) is 5.74. The summed E-state index contributed by atoms with van der Waals surface area (Å²) in [4.78, 5) is 10.4. The maximum Gasteiger partial charge on any atom is 0.160 e. The second kappa shape index (κ2) is 13.4. The molecule has 58 heavy (non-hydrogen) atoms. The lowest BCUT2D eigenvalue weighted by atomic mass is 9.81. The van der Waals surface area contributed by atoms with E-state index in [2.05, 4.69) is 178 Å². The average molecular weight is 743 g/mol. The van der Waals surface area contributed by atoms with Gasteiger partial charge in [-0.25, -0.2) is 9.97 Å². The van der Waals surface area contributed by atoms with Gasteiger partial charge in [-0.2, -0.15) is 0 Å². The zero-order valence-electron chi connectivity index (χ0n) is 32.3. The van der Waals surface area contributed by atoms with Crippen LogP contribution in [0.25, 0.3) is 100 Å². The van der Waals surface area contributed by atoms with Crippen molar-refractivity contribution in [1.82, 2.24) is 9.97 Å². The summed E-state index contributed by atoms with van der Waals surface area (Å²) in [5, 5.41) is 2.22. The lowest BCUT2D eigenvalue weighted by Crippen LogP contribution is -2.14. The highest BCUT2D eigenvalue weighted by Crippen LogP contribution is 2.49. The topological polar surface area (TPSA) is 38.9 Å². The minimum atomic E-state index is -0.0505. The van der Waals surface area contributed by atoms with E-state index < -0.39 is 0 Å². The van der Waals surface area contributed by atoms with Crippen molar-refractivity contribution in [2.24, 2.45) is 0 Å². The quantitative estimate of drug-likeness (QED) is 0.170. The fourth-order valence-corrected chi connectivity index (χ4v) is 8.82. The Morgan fingerprint density at radius 2 is 0.879 bits per heavy atom. The van der Waals surface area contributed by atoms with E-state index in [4.69, 9.17) is 14.4 Å². The Hall–Kier alpha value is -7.36. The van der Waals surface area contributed by atoms with Crippen LogP contribution < -0.4 is 0 Å². The molecule has 2 aromatic heterocycles. The monoisotopic (exact) mass is 742 g/mol. The molecule has 10 aromatic rings. The van der Waals surface area contributed by atoms with Crippen molar-refractivity contribution < 1.29 is 4.42 Å². The average Bonchev–Trinajstić information content (AvgIpc) is 3.77. The van der Waals surface area contributed by atoms with Gasteiger partial charge in [0.1, 0.15) is 11.2 Å². The van der Waals surface area contributed by atoms with E-state index in [1.807, 2.05) is 30.3 Å². The fraction of sp³-hybridized carbons (Fsp3) is 0.0545. The van der Waals surface area contributed by atoms with Crippen LogP contribution in [-0.4, -0.2) is 9.97 Å². The van der Waals surface area contributed by atoms with Gasteiger partial charge in [-0.05, 0) is 104 Å². The van der Waals surface area contributed by atoms with Gasteiger partial charge >= 0.3 is 0 Å². The first-order chi connectivity index (χ1) is 28.5. The van der Waals surface area contributed by atoms with Crippen LogP contribution in [-0.2, 0) is 5.41 Å². The maximum atomic E-state index is 6.19. The molecule has 0 N–H and O–H groups in total. The molecule has 274 valence electrons. The number of hydrogen-bond acceptors (Lipinski definition) is 3. The number of benzene rings is 8. The standard InChI is InChI=1S/C55H38N2O/c1-55(2)48-19-11-9-17-44(48)45-27-25-40(33-49(45)55)36-21-23-37(24-22-36)50-34-51(57-54(56-50)38-15-7-4-8-16-38)43-30-41(35-13-5-3-6-14-35)29-42(31-43)39-26-28-53-47(32-39)46-18-10-12-20-52(46)58-53/h3-34H,1-2H3. The first kappa shape index (κ1) is 33.9. The van der Waals surface area contributed by atoms with E-state index in [9.17, 15) is 0 Å². The minimum absolute atomic E-state index is 0.0505. The van der Waals surface area contributed by atoms with E-state index in [1.54, 1.807) is 0 Å². The molecule has 1 aliphatic carbocycles. The number of furan rings is 1. The van der Waals surface area contributed by atoms with Crippen LogP contribution in [0.3, 0.4) is 0 Å². The number of aromatic nitrogens is 2. The molecular formula is C55H38N2O. The van der Waals surface area contributed by atoms with Crippen LogP contribution in [0.2, 0.25) is 0 Å². The summed E-state index contributed by atoms with van der Waals surface area (Å²) in [5.74, 6) is 0.690. The number of fused-ring (bicyclic) bond motifs is 6. The first-order valence-corrected chi connectivity index (χ1v) is 19.9. The largest absolute Gasteiger partial charge is 0.456 e. The molecule has 0 bridgehead atoms. The SMILES string of the molecule is CC1(C)c2ccccc2-c2ccc(-c3ccc(-c4cc(-c5cc(-c6ccccc6)cc(-c6ccc7oc8ccccc8c7c6)c5)nc(-c5ccccc5)n4)cc3)cc21. The first-order valence-electron chi connectivity index (χ1n) is 19.9. The van der Waals surface area contributed by atoms with Crippen LogP contribution >= 0.6 is 0 Å². The molecule has 2 heterocycles. The van der Waals surface area contributed by atoms with Gasteiger partial charge in [0.2, 0.25) is 0 Å². The molecule has 0 aliphatic heterocycles. The van der Waals surface area contributed by atoms with Crippen molar-refractivity contribution in [2.75, 3.05) is 0 Å². The molecule has 0 saturated carbocycles. The predicted octanol–water partition coefficient (Wildman–Crippen LogP) is 14.7. The molecule has 0 fully saturated rings. The maximum absolute atomic E-state index is 6.19. The summed E-state index contributed by atoms with van der Waals surface area (Å²) in [5.41, 5.74) is 18.8. The molecule has 3 heteroatoms. The van der Waals surface area contributed by atoms with Crippen molar-refractivity contribution in [3.05, 3.63) is 205 Å². The molecule has 11 rings (SSSR count). The Balaban J connectivity index is 1.03. The van der Waals surface area contributed by atoms with Crippen LogP contribution in [0.4, 0.5) is 0 Å². The fourth-order valence-electron chi connectivity index (χ4n) is 8.82. The van der Waals surface area contributed by atoms with Crippen LogP contribution in [0.15, 0.2) is 199 Å². The van der Waals surface area contributed by atoms with Crippen molar-refractivity contribution in [3.8, 4) is 78.4 Å². The third-order valence-corrected chi connectivity index (χ3v) is 11.9. The molecule has 8 aromatic carbocycles. The summed E-state index contributed by atoms with van der Waals surface area (Å²) in [6, 6.07) is 69.1. The second-order valence-electron chi connectivity index (χ2n) is 15.8. The van der Waals surface area contributed by atoms with Crippen LogP contribution in [0, 0.1) is 0 Å². The van der Waals surface area contributed by atoms with Crippen molar-refractivity contribution in [1.29, 1.82) is 0 Å². The Labute approximate surface area is 338 Å². The summed E-state index contributed by atoms with van der Waals surface area (Å²) >= 11 is 0. The van der Waals surface area contributed by atoms with Crippen molar-refractivity contribution in [3.63, 3.8) is 0 Å². The van der Waals surface area contributed by atoms with Gasteiger partial charge in [0.15, 0.2) is 5.82 Å². The molecule has 0 saturated heterocycles. The minimum Gasteiger partial charge on any atom is -0.456 e. The highest BCUT2D eigenvalue weighted by Gasteiger charge is 2.35. The molecule has 0 radical (unpaired) electrons. The van der Waals surface area contributed by atoms with E-state index in [1.165, 1.54) is 33.4 Å². The molecular weight excluding hydrogens is 705 g/mol. The van der Waals surface area contributed by atoms with Crippen LogP contribution in [0.5, 0.6) is 0 Å². The number of rotatable bonds is 6. The summed E-state index contributed by atoms with van der Waals surface area (Å²) < 4.78 is 6.19. The molecule has 0 atom stereocenters. The Kier molecular flexibility index (Phi) is 7.84.